The third-order valence-corrected chi connectivity index (χ3v) is 3.39. The van der Waals surface area contributed by atoms with E-state index in [1.165, 1.54) is 18.2 Å². The summed E-state index contributed by atoms with van der Waals surface area (Å²) in [6.45, 7) is 3.99. The van der Waals surface area contributed by atoms with Gasteiger partial charge in [-0.15, -0.1) is 13.2 Å². The summed E-state index contributed by atoms with van der Waals surface area (Å²) < 4.78 is 41.0. The summed E-state index contributed by atoms with van der Waals surface area (Å²) in [6.07, 6.45) is -3.80. The van der Waals surface area contributed by atoms with Gasteiger partial charge < -0.3 is 9.84 Å². The average molecular weight is 324 g/mol. The summed E-state index contributed by atoms with van der Waals surface area (Å²) in [5.74, 6) is 0.230. The van der Waals surface area contributed by atoms with E-state index in [1.54, 1.807) is 0 Å². The first-order chi connectivity index (χ1) is 10.8. The van der Waals surface area contributed by atoms with E-state index in [0.29, 0.717) is 17.0 Å². The highest BCUT2D eigenvalue weighted by Gasteiger charge is 2.31. The molecule has 0 fully saturated rings. The number of benzene rings is 2. The molecule has 0 radical (unpaired) electrons. The second kappa shape index (κ2) is 7.04. The number of hydrogen-bond donors (Lipinski definition) is 1. The normalized spacial score (nSPS) is 11.8. The van der Waals surface area contributed by atoms with Crippen molar-refractivity contribution in [3.05, 3.63) is 53.6 Å². The number of aliphatic hydroxyl groups excluding tert-OH is 1. The molecule has 2 aromatic carbocycles. The maximum atomic E-state index is 12.4. The van der Waals surface area contributed by atoms with Crippen molar-refractivity contribution < 1.29 is 23.0 Å². The van der Waals surface area contributed by atoms with Crippen molar-refractivity contribution in [2.45, 2.75) is 33.2 Å². The molecule has 0 heterocycles. The van der Waals surface area contributed by atoms with Gasteiger partial charge in [0.05, 0.1) is 6.61 Å². The lowest BCUT2D eigenvalue weighted by Crippen LogP contribution is -2.17. The molecule has 0 unspecified atom stereocenters. The lowest BCUT2D eigenvalue weighted by atomic mass is 9.96. The van der Waals surface area contributed by atoms with Crippen molar-refractivity contribution in [2.24, 2.45) is 5.92 Å². The first-order valence-corrected chi connectivity index (χ1v) is 7.37. The van der Waals surface area contributed by atoms with E-state index in [9.17, 15) is 18.3 Å². The summed E-state index contributed by atoms with van der Waals surface area (Å²) in [4.78, 5) is 0. The number of alkyl halides is 3. The van der Waals surface area contributed by atoms with Crippen molar-refractivity contribution >= 4 is 0 Å². The van der Waals surface area contributed by atoms with Gasteiger partial charge in [-0.2, -0.15) is 0 Å². The molecule has 0 saturated heterocycles. The third-order valence-electron chi connectivity index (χ3n) is 3.39. The first kappa shape index (κ1) is 17.3. The highest BCUT2D eigenvalue weighted by Crippen LogP contribution is 2.31. The number of aliphatic hydroxyl groups is 1. The second-order valence-corrected chi connectivity index (χ2v) is 5.82. The van der Waals surface area contributed by atoms with Crippen LogP contribution in [0.15, 0.2) is 42.5 Å². The van der Waals surface area contributed by atoms with E-state index in [2.05, 4.69) is 18.6 Å². The molecular weight excluding hydrogens is 305 g/mol. The van der Waals surface area contributed by atoms with E-state index in [0.717, 1.165) is 17.5 Å². The van der Waals surface area contributed by atoms with Crippen molar-refractivity contribution in [1.82, 2.24) is 0 Å². The lowest BCUT2D eigenvalue weighted by Gasteiger charge is -2.13. The van der Waals surface area contributed by atoms with Crippen LogP contribution in [0.2, 0.25) is 0 Å². The van der Waals surface area contributed by atoms with Gasteiger partial charge in [0.15, 0.2) is 0 Å². The molecule has 0 atom stereocenters. The Bertz CT molecular complexity index is 646. The van der Waals surface area contributed by atoms with Gasteiger partial charge in [-0.3, -0.25) is 0 Å². The topological polar surface area (TPSA) is 29.5 Å². The van der Waals surface area contributed by atoms with Gasteiger partial charge in [0, 0.05) is 0 Å². The molecule has 23 heavy (non-hydrogen) atoms. The van der Waals surface area contributed by atoms with Crippen LogP contribution >= 0.6 is 0 Å². The van der Waals surface area contributed by atoms with E-state index < -0.39 is 6.36 Å². The van der Waals surface area contributed by atoms with E-state index >= 15 is 0 Å². The van der Waals surface area contributed by atoms with Gasteiger partial charge in [0.1, 0.15) is 5.75 Å². The summed E-state index contributed by atoms with van der Waals surface area (Å²) in [5, 5.41) is 9.41. The van der Waals surface area contributed by atoms with Gasteiger partial charge >= 0.3 is 6.36 Å². The Morgan fingerprint density at radius 1 is 1.04 bits per heavy atom. The molecule has 0 bridgehead atoms. The van der Waals surface area contributed by atoms with E-state index in [1.807, 2.05) is 24.3 Å². The molecule has 0 aromatic heterocycles. The number of rotatable bonds is 5. The third kappa shape index (κ3) is 4.99. The van der Waals surface area contributed by atoms with E-state index in [-0.39, 0.29) is 12.4 Å². The molecule has 0 aliphatic carbocycles. The van der Waals surface area contributed by atoms with Crippen LogP contribution in [0.4, 0.5) is 13.2 Å². The minimum atomic E-state index is -4.74. The summed E-state index contributed by atoms with van der Waals surface area (Å²) in [5.41, 5.74) is 2.99. The van der Waals surface area contributed by atoms with Crippen LogP contribution in [0, 0.1) is 5.92 Å². The van der Waals surface area contributed by atoms with Crippen molar-refractivity contribution in [3.63, 3.8) is 0 Å². The Labute approximate surface area is 133 Å². The van der Waals surface area contributed by atoms with Crippen molar-refractivity contribution in [2.75, 3.05) is 0 Å². The Morgan fingerprint density at radius 3 is 2.22 bits per heavy atom. The molecule has 0 aliphatic rings. The van der Waals surface area contributed by atoms with E-state index in [4.69, 9.17) is 0 Å². The second-order valence-electron chi connectivity index (χ2n) is 5.82. The van der Waals surface area contributed by atoms with Crippen LogP contribution < -0.4 is 4.74 Å². The Kier molecular flexibility index (Phi) is 5.31. The molecule has 0 saturated carbocycles. The van der Waals surface area contributed by atoms with Gasteiger partial charge in [-0.1, -0.05) is 44.2 Å². The van der Waals surface area contributed by atoms with Crippen LogP contribution in [0.5, 0.6) is 5.75 Å². The van der Waals surface area contributed by atoms with Gasteiger partial charge in [0.25, 0.3) is 0 Å². The zero-order valence-electron chi connectivity index (χ0n) is 13.0. The van der Waals surface area contributed by atoms with Gasteiger partial charge in [-0.05, 0) is 46.7 Å². The largest absolute Gasteiger partial charge is 0.573 e. The monoisotopic (exact) mass is 324 g/mol. The zero-order chi connectivity index (χ0) is 17.0. The molecule has 2 rings (SSSR count). The number of halogens is 3. The number of ether oxygens (including phenoxy) is 1. The van der Waals surface area contributed by atoms with Gasteiger partial charge in [0.2, 0.25) is 0 Å². The highest BCUT2D eigenvalue weighted by atomic mass is 19.4. The SMILES string of the molecule is CC(C)Cc1ccc(-c2cc(OC(F)(F)F)ccc2CO)cc1. The molecule has 2 nitrogen and oxygen atoms in total. The Balaban J connectivity index is 2.34. The van der Waals surface area contributed by atoms with Crippen LogP contribution in [-0.2, 0) is 13.0 Å². The molecule has 0 aliphatic heterocycles. The van der Waals surface area contributed by atoms with Crippen LogP contribution in [-0.4, -0.2) is 11.5 Å². The summed E-state index contributed by atoms with van der Waals surface area (Å²) in [7, 11) is 0. The maximum Gasteiger partial charge on any atom is 0.573 e. The minimum absolute atomic E-state index is 0.255. The first-order valence-electron chi connectivity index (χ1n) is 7.37. The molecule has 1 N–H and O–H groups in total. The fraction of sp³-hybridized carbons (Fsp3) is 0.333. The average Bonchev–Trinajstić information content (AvgIpc) is 2.46. The molecule has 2 aromatic rings. The molecule has 124 valence electrons. The Morgan fingerprint density at radius 2 is 1.70 bits per heavy atom. The minimum Gasteiger partial charge on any atom is -0.406 e. The predicted molar refractivity (Wildman–Crippen MR) is 83.0 cm³/mol. The zero-order valence-corrected chi connectivity index (χ0v) is 13.0. The van der Waals surface area contributed by atoms with Crippen LogP contribution in [0.25, 0.3) is 11.1 Å². The smallest absolute Gasteiger partial charge is 0.406 e. The van der Waals surface area contributed by atoms with Gasteiger partial charge in [-0.25, -0.2) is 0 Å². The summed E-state index contributed by atoms with van der Waals surface area (Å²) in [6, 6.07) is 11.6. The quantitative estimate of drug-likeness (QED) is 0.844. The lowest BCUT2D eigenvalue weighted by molar-refractivity contribution is -0.274. The standard InChI is InChI=1S/C18H19F3O2/c1-12(2)9-13-3-5-14(6-4-13)17-10-16(23-18(19,20)21)8-7-15(17)11-22/h3-8,10,12,22H,9,11H2,1-2H3. The molecule has 5 heteroatoms. The van der Waals surface area contributed by atoms with Crippen LogP contribution in [0.1, 0.15) is 25.0 Å². The highest BCUT2D eigenvalue weighted by molar-refractivity contribution is 5.69. The Hall–Kier alpha value is -2.01. The molecule has 0 amide bonds. The predicted octanol–water partition coefficient (Wildman–Crippen LogP) is 4.94. The summed E-state index contributed by atoms with van der Waals surface area (Å²) >= 11 is 0. The van der Waals surface area contributed by atoms with Crippen molar-refractivity contribution in [1.29, 1.82) is 0 Å². The molecular formula is C18H19F3O2. The van der Waals surface area contributed by atoms with Crippen LogP contribution in [0.3, 0.4) is 0 Å². The fourth-order valence-electron chi connectivity index (χ4n) is 2.45. The number of hydrogen-bond acceptors (Lipinski definition) is 2. The fourth-order valence-corrected chi connectivity index (χ4v) is 2.45. The molecule has 0 spiro atoms. The maximum absolute atomic E-state index is 12.4. The van der Waals surface area contributed by atoms with Crippen molar-refractivity contribution in [3.8, 4) is 16.9 Å².